The van der Waals surface area contributed by atoms with Crippen LogP contribution in [-0.4, -0.2) is 84.1 Å². The van der Waals surface area contributed by atoms with E-state index in [2.05, 4.69) is 67.8 Å². The second kappa shape index (κ2) is 37.8. The van der Waals surface area contributed by atoms with Crippen LogP contribution in [0.5, 0.6) is 0 Å². The lowest BCUT2D eigenvalue weighted by Gasteiger charge is -2.20. The van der Waals surface area contributed by atoms with Crippen molar-refractivity contribution in [3.8, 4) is 0 Å². The zero-order chi connectivity index (χ0) is 40.7. The van der Waals surface area contributed by atoms with Crippen molar-refractivity contribution < 1.29 is 34.1 Å². The number of rotatable bonds is 37. The van der Waals surface area contributed by atoms with Gasteiger partial charge in [0.15, 0.2) is 0 Å². The van der Waals surface area contributed by atoms with E-state index in [1.54, 1.807) is 4.90 Å². The van der Waals surface area contributed by atoms with E-state index in [-0.39, 0.29) is 38.4 Å². The summed E-state index contributed by atoms with van der Waals surface area (Å²) in [6, 6.07) is -0.758. The highest BCUT2D eigenvalue weighted by Gasteiger charge is 2.31. The van der Waals surface area contributed by atoms with Crippen molar-refractivity contribution in [1.82, 2.24) is 10.2 Å². The molecule has 1 saturated heterocycles. The molecule has 0 unspecified atom stereocenters. The molecule has 0 aromatic carbocycles. The third-order valence-electron chi connectivity index (χ3n) is 10.1. The molecule has 56 heavy (non-hydrogen) atoms. The van der Waals surface area contributed by atoms with Crippen LogP contribution in [0, 0.1) is 0 Å². The number of hydrogen-bond donors (Lipinski definition) is 3. The predicted molar refractivity (Wildman–Crippen MR) is 230 cm³/mol. The van der Waals surface area contributed by atoms with Crippen molar-refractivity contribution in [1.29, 1.82) is 0 Å². The molecule has 1 aliphatic heterocycles. The highest BCUT2D eigenvalue weighted by Crippen LogP contribution is 2.13. The molecule has 0 aromatic rings. The number of carbonyl (C=O) groups excluding carboxylic acids is 3. The van der Waals surface area contributed by atoms with E-state index >= 15 is 0 Å². The third kappa shape index (κ3) is 32.3. The SMILES string of the molecule is CCCCC/C=C\C/C=C\CCCCCCCCOC(=O)CC(CC(=O)OCCCCCCCC/C=C\C/C=C\CCCCC)NC(=O)CN1C[C@@H](O)[C@@H](O)C1. The van der Waals surface area contributed by atoms with Gasteiger partial charge in [-0.25, -0.2) is 0 Å². The van der Waals surface area contributed by atoms with E-state index in [0.717, 1.165) is 77.0 Å². The number of likely N-dealkylation sites (tertiary alicyclic amines) is 1. The predicted octanol–water partition coefficient (Wildman–Crippen LogP) is 10.0. The standard InChI is InChI=1S/C47H82N2O7/c1-3-5-7-9-11-13-15-17-19-21-23-25-27-29-31-33-35-55-46(53)37-42(48-45(52)41-49-39-43(50)44(51)40-49)38-47(54)56-36-34-32-30-28-26-24-22-20-18-16-14-12-10-8-6-4-2/h11-14,17-20,42-44,50-51H,3-10,15-16,21-41H2,1-2H3,(H,48,52)/b13-11-,14-12-,19-17-,20-18-/t43-,44+. The van der Waals surface area contributed by atoms with Crippen LogP contribution in [0.1, 0.15) is 181 Å². The minimum atomic E-state index is -0.900. The molecule has 1 aliphatic rings. The third-order valence-corrected chi connectivity index (χ3v) is 10.1. The largest absolute Gasteiger partial charge is 0.466 e. The number of nitrogens with one attached hydrogen (secondary N) is 1. The number of allylic oxidation sites excluding steroid dienone is 8. The van der Waals surface area contributed by atoms with E-state index in [0.29, 0.717) is 13.2 Å². The highest BCUT2D eigenvalue weighted by atomic mass is 16.5. The fourth-order valence-corrected chi connectivity index (χ4v) is 6.70. The minimum absolute atomic E-state index is 0.0473. The van der Waals surface area contributed by atoms with Gasteiger partial charge in [-0.1, -0.05) is 140 Å². The van der Waals surface area contributed by atoms with Gasteiger partial charge in [-0.15, -0.1) is 0 Å². The molecular formula is C47H82N2O7. The fraction of sp³-hybridized carbons (Fsp3) is 0.766. The van der Waals surface area contributed by atoms with Gasteiger partial charge < -0.3 is 25.0 Å². The molecule has 9 nitrogen and oxygen atoms in total. The molecule has 322 valence electrons. The number of β-amino-alcohol motifs (C(OH)–C–C–N with tert-alkyl or cyclic N) is 2. The van der Waals surface area contributed by atoms with Crippen LogP contribution in [0.4, 0.5) is 0 Å². The highest BCUT2D eigenvalue weighted by molar-refractivity contribution is 5.81. The Labute approximate surface area is 341 Å². The van der Waals surface area contributed by atoms with Crippen LogP contribution in [0.3, 0.4) is 0 Å². The Morgan fingerprint density at radius 3 is 1.30 bits per heavy atom. The Morgan fingerprint density at radius 1 is 0.554 bits per heavy atom. The first-order valence-electron chi connectivity index (χ1n) is 22.6. The molecule has 0 saturated carbocycles. The number of nitrogens with zero attached hydrogens (tertiary/aromatic N) is 1. The lowest BCUT2D eigenvalue weighted by Crippen LogP contribution is -2.44. The summed E-state index contributed by atoms with van der Waals surface area (Å²) in [7, 11) is 0. The smallest absolute Gasteiger partial charge is 0.307 e. The molecule has 3 N–H and O–H groups in total. The molecule has 0 bridgehead atoms. The van der Waals surface area contributed by atoms with Gasteiger partial charge in [-0.3, -0.25) is 19.3 Å². The maximum Gasteiger partial charge on any atom is 0.307 e. The monoisotopic (exact) mass is 787 g/mol. The summed E-state index contributed by atoms with van der Waals surface area (Å²) < 4.78 is 10.9. The summed E-state index contributed by atoms with van der Waals surface area (Å²) >= 11 is 0. The summed E-state index contributed by atoms with van der Waals surface area (Å²) in [6.45, 7) is 5.42. The van der Waals surface area contributed by atoms with Crippen LogP contribution in [0.25, 0.3) is 0 Å². The van der Waals surface area contributed by atoms with Crippen LogP contribution < -0.4 is 5.32 Å². The van der Waals surface area contributed by atoms with Crippen molar-refractivity contribution in [2.75, 3.05) is 32.8 Å². The van der Waals surface area contributed by atoms with Crippen molar-refractivity contribution in [2.24, 2.45) is 0 Å². The van der Waals surface area contributed by atoms with Crippen LogP contribution in [0.15, 0.2) is 48.6 Å². The van der Waals surface area contributed by atoms with Crippen LogP contribution in [-0.2, 0) is 23.9 Å². The van der Waals surface area contributed by atoms with Gasteiger partial charge in [0, 0.05) is 19.1 Å². The molecule has 1 rings (SSSR count). The molecule has 1 amide bonds. The number of aliphatic hydroxyl groups excluding tert-OH is 2. The van der Waals surface area contributed by atoms with Gasteiger partial charge in [0.1, 0.15) is 0 Å². The molecule has 1 heterocycles. The second-order valence-corrected chi connectivity index (χ2v) is 15.6. The van der Waals surface area contributed by atoms with E-state index in [1.807, 2.05) is 0 Å². The maximum absolute atomic E-state index is 12.8. The zero-order valence-electron chi connectivity index (χ0n) is 35.7. The summed E-state index contributed by atoms with van der Waals surface area (Å²) in [4.78, 5) is 39.9. The van der Waals surface area contributed by atoms with Crippen LogP contribution >= 0.6 is 0 Å². The Balaban J connectivity index is 2.25. The van der Waals surface area contributed by atoms with E-state index < -0.39 is 30.2 Å². The Kier molecular flexibility index (Phi) is 34.6. The van der Waals surface area contributed by atoms with E-state index in [9.17, 15) is 24.6 Å². The normalized spacial score (nSPS) is 16.4. The lowest BCUT2D eigenvalue weighted by molar-refractivity contribution is -0.146. The van der Waals surface area contributed by atoms with E-state index in [4.69, 9.17) is 9.47 Å². The van der Waals surface area contributed by atoms with Gasteiger partial charge >= 0.3 is 11.9 Å². The van der Waals surface area contributed by atoms with Gasteiger partial charge in [-0.2, -0.15) is 0 Å². The number of esters is 2. The zero-order valence-corrected chi connectivity index (χ0v) is 35.7. The van der Waals surface area contributed by atoms with Crippen molar-refractivity contribution in [3.05, 3.63) is 48.6 Å². The maximum atomic E-state index is 12.8. The molecule has 0 aliphatic carbocycles. The molecule has 0 spiro atoms. The fourth-order valence-electron chi connectivity index (χ4n) is 6.70. The number of aliphatic hydroxyl groups is 2. The lowest BCUT2D eigenvalue weighted by atomic mass is 10.1. The van der Waals surface area contributed by atoms with Crippen molar-refractivity contribution in [3.63, 3.8) is 0 Å². The Morgan fingerprint density at radius 2 is 0.911 bits per heavy atom. The molecule has 0 aromatic heterocycles. The van der Waals surface area contributed by atoms with Crippen molar-refractivity contribution in [2.45, 2.75) is 199 Å². The summed E-state index contributed by atoms with van der Waals surface area (Å²) in [6.07, 6.45) is 43.4. The Bertz CT molecular complexity index is 1010. The van der Waals surface area contributed by atoms with Crippen LogP contribution in [0.2, 0.25) is 0 Å². The number of amides is 1. The summed E-state index contributed by atoms with van der Waals surface area (Å²) in [5.74, 6) is -1.29. The first kappa shape index (κ1) is 51.3. The quantitative estimate of drug-likeness (QED) is 0.0323. The van der Waals surface area contributed by atoms with Gasteiger partial charge in [0.05, 0.1) is 44.8 Å². The topological polar surface area (TPSA) is 125 Å². The molecule has 1 fully saturated rings. The summed E-state index contributed by atoms with van der Waals surface area (Å²) in [5, 5.41) is 22.5. The second-order valence-electron chi connectivity index (χ2n) is 15.6. The summed E-state index contributed by atoms with van der Waals surface area (Å²) in [5.41, 5.74) is 0. The number of hydrogen-bond acceptors (Lipinski definition) is 8. The first-order chi connectivity index (χ1) is 27.3. The number of ether oxygens (including phenoxy) is 2. The minimum Gasteiger partial charge on any atom is -0.466 e. The molecular weight excluding hydrogens is 705 g/mol. The number of unbranched alkanes of at least 4 members (excludes halogenated alkanes) is 18. The number of carbonyl (C=O) groups is 3. The Hall–Kier alpha value is -2.75. The average Bonchev–Trinajstić information content (AvgIpc) is 3.48. The molecule has 0 radical (unpaired) electrons. The molecule has 9 heteroatoms. The van der Waals surface area contributed by atoms with Gasteiger partial charge in [0.2, 0.25) is 5.91 Å². The molecule has 2 atom stereocenters. The first-order valence-corrected chi connectivity index (χ1v) is 22.6. The van der Waals surface area contributed by atoms with Crippen molar-refractivity contribution >= 4 is 17.8 Å². The van der Waals surface area contributed by atoms with E-state index in [1.165, 1.54) is 77.0 Å². The van der Waals surface area contributed by atoms with Gasteiger partial charge in [0.25, 0.3) is 0 Å². The average molecular weight is 787 g/mol. The van der Waals surface area contributed by atoms with Gasteiger partial charge in [-0.05, 0) is 77.0 Å².